The maximum absolute atomic E-state index is 12.3. The zero-order valence-electron chi connectivity index (χ0n) is 15.4. The first kappa shape index (κ1) is 20.3. The summed E-state index contributed by atoms with van der Waals surface area (Å²) in [6, 6.07) is 6.19. The van der Waals surface area contributed by atoms with Gasteiger partial charge in [0.15, 0.2) is 11.5 Å². The number of nitro benzene ring substituents is 1. The number of rotatable bonds is 7. The van der Waals surface area contributed by atoms with Crippen molar-refractivity contribution in [2.24, 2.45) is 0 Å². The average Bonchev–Trinajstić information content (AvgIpc) is 2.63. The third kappa shape index (κ3) is 4.59. The number of ether oxygens (including phenoxy) is 2. The van der Waals surface area contributed by atoms with Crippen LogP contribution in [0.3, 0.4) is 0 Å². The van der Waals surface area contributed by atoms with Gasteiger partial charge in [-0.3, -0.25) is 14.9 Å². The molecule has 0 aromatic heterocycles. The van der Waals surface area contributed by atoms with E-state index < -0.39 is 10.8 Å². The lowest BCUT2D eigenvalue weighted by atomic mass is 10.1. The lowest BCUT2D eigenvalue weighted by molar-refractivity contribution is -0.384. The Morgan fingerprint density at radius 3 is 2.41 bits per heavy atom. The minimum Gasteiger partial charge on any atom is -0.493 e. The van der Waals surface area contributed by atoms with E-state index in [1.165, 1.54) is 20.3 Å². The van der Waals surface area contributed by atoms with Crippen LogP contribution in [0.15, 0.2) is 24.3 Å². The highest BCUT2D eigenvalue weighted by Gasteiger charge is 2.19. The predicted molar refractivity (Wildman–Crippen MR) is 104 cm³/mol. The molecule has 2 aromatic carbocycles. The molecule has 0 bridgehead atoms. The molecule has 8 nitrogen and oxygen atoms in total. The Balaban J connectivity index is 2.16. The number of carbonyl (C=O) groups excluding carboxylic acids is 1. The number of anilines is 2. The van der Waals surface area contributed by atoms with Gasteiger partial charge < -0.3 is 20.1 Å². The van der Waals surface area contributed by atoms with E-state index in [0.717, 1.165) is 5.56 Å². The van der Waals surface area contributed by atoms with E-state index in [2.05, 4.69) is 10.6 Å². The number of nitrogens with zero attached hydrogens (tertiary/aromatic N) is 1. The lowest BCUT2D eigenvalue weighted by Gasteiger charge is -2.14. The molecule has 0 aliphatic carbocycles. The van der Waals surface area contributed by atoms with Crippen LogP contribution >= 0.6 is 11.6 Å². The van der Waals surface area contributed by atoms with Gasteiger partial charge in [-0.1, -0.05) is 17.7 Å². The predicted octanol–water partition coefficient (Wildman–Crippen LogP) is 3.93. The van der Waals surface area contributed by atoms with Crippen LogP contribution in [0.5, 0.6) is 11.5 Å². The standard InChI is InChI=1S/C18H20ClN3O5/c1-10-5-6-14(22(24)25)18(11(10)2)21-17(23)9-20-13-8-16(27-4)15(26-3)7-12(13)19/h5-8,20H,9H2,1-4H3,(H,21,23). The second-order valence-corrected chi connectivity index (χ2v) is 6.15. The summed E-state index contributed by atoms with van der Waals surface area (Å²) in [4.78, 5) is 23.0. The highest BCUT2D eigenvalue weighted by molar-refractivity contribution is 6.33. The third-order valence-electron chi connectivity index (χ3n) is 4.09. The molecular weight excluding hydrogens is 374 g/mol. The van der Waals surface area contributed by atoms with Crippen LogP contribution in [0.2, 0.25) is 5.02 Å². The van der Waals surface area contributed by atoms with Crippen molar-refractivity contribution >= 4 is 34.6 Å². The van der Waals surface area contributed by atoms with Gasteiger partial charge in [0.05, 0.1) is 36.4 Å². The number of amides is 1. The van der Waals surface area contributed by atoms with Gasteiger partial charge in [0.2, 0.25) is 5.91 Å². The van der Waals surface area contributed by atoms with Crippen LogP contribution in [0.1, 0.15) is 11.1 Å². The monoisotopic (exact) mass is 393 g/mol. The molecule has 0 aliphatic heterocycles. The molecule has 0 aliphatic rings. The molecule has 0 heterocycles. The Labute approximate surface area is 161 Å². The molecule has 0 spiro atoms. The van der Waals surface area contributed by atoms with Crippen molar-refractivity contribution in [2.45, 2.75) is 13.8 Å². The number of aryl methyl sites for hydroxylation is 1. The molecular formula is C18H20ClN3O5. The largest absolute Gasteiger partial charge is 0.493 e. The Bertz CT molecular complexity index is 886. The van der Waals surface area contributed by atoms with Crippen LogP contribution in [0.25, 0.3) is 0 Å². The third-order valence-corrected chi connectivity index (χ3v) is 4.40. The van der Waals surface area contributed by atoms with Crippen molar-refractivity contribution in [1.29, 1.82) is 0 Å². The van der Waals surface area contributed by atoms with Crippen LogP contribution < -0.4 is 20.1 Å². The van der Waals surface area contributed by atoms with Crippen molar-refractivity contribution in [2.75, 3.05) is 31.4 Å². The molecule has 144 valence electrons. The number of benzene rings is 2. The van der Waals surface area contributed by atoms with Crippen molar-refractivity contribution < 1.29 is 19.2 Å². The first-order valence-corrected chi connectivity index (χ1v) is 8.36. The van der Waals surface area contributed by atoms with Crippen molar-refractivity contribution in [3.05, 3.63) is 50.5 Å². The van der Waals surface area contributed by atoms with Gasteiger partial charge in [0.25, 0.3) is 5.69 Å². The van der Waals surface area contributed by atoms with E-state index in [1.54, 1.807) is 25.1 Å². The van der Waals surface area contributed by atoms with E-state index >= 15 is 0 Å². The first-order chi connectivity index (χ1) is 12.8. The van der Waals surface area contributed by atoms with Crippen molar-refractivity contribution in [1.82, 2.24) is 0 Å². The molecule has 0 fully saturated rings. The number of halogens is 1. The quantitative estimate of drug-likeness (QED) is 0.545. The molecule has 0 saturated heterocycles. The molecule has 9 heteroatoms. The number of hydrogen-bond acceptors (Lipinski definition) is 6. The molecule has 0 unspecified atom stereocenters. The maximum Gasteiger partial charge on any atom is 0.293 e. The first-order valence-electron chi connectivity index (χ1n) is 7.98. The summed E-state index contributed by atoms with van der Waals surface area (Å²) >= 11 is 6.17. The second-order valence-electron chi connectivity index (χ2n) is 5.75. The van der Waals surface area contributed by atoms with Gasteiger partial charge in [-0.05, 0) is 25.0 Å². The van der Waals surface area contributed by atoms with E-state index in [1.807, 2.05) is 6.92 Å². The van der Waals surface area contributed by atoms with Gasteiger partial charge in [-0.25, -0.2) is 0 Å². The summed E-state index contributed by atoms with van der Waals surface area (Å²) < 4.78 is 10.4. The number of hydrogen-bond donors (Lipinski definition) is 2. The van der Waals surface area contributed by atoms with Crippen molar-refractivity contribution in [3.63, 3.8) is 0 Å². The van der Waals surface area contributed by atoms with E-state index in [4.69, 9.17) is 21.1 Å². The normalized spacial score (nSPS) is 10.3. The molecule has 27 heavy (non-hydrogen) atoms. The van der Waals surface area contributed by atoms with E-state index in [-0.39, 0.29) is 17.9 Å². The molecule has 2 rings (SSSR count). The van der Waals surface area contributed by atoms with E-state index in [0.29, 0.717) is 27.8 Å². The zero-order valence-corrected chi connectivity index (χ0v) is 16.1. The molecule has 0 atom stereocenters. The number of methoxy groups -OCH3 is 2. The van der Waals surface area contributed by atoms with Gasteiger partial charge in [-0.15, -0.1) is 0 Å². The van der Waals surface area contributed by atoms with Crippen LogP contribution in [0.4, 0.5) is 17.1 Å². The van der Waals surface area contributed by atoms with E-state index in [9.17, 15) is 14.9 Å². The zero-order chi connectivity index (χ0) is 20.1. The minimum absolute atomic E-state index is 0.139. The molecule has 0 radical (unpaired) electrons. The molecule has 2 aromatic rings. The fourth-order valence-electron chi connectivity index (χ4n) is 2.46. The Morgan fingerprint density at radius 1 is 1.19 bits per heavy atom. The summed E-state index contributed by atoms with van der Waals surface area (Å²) in [5, 5.41) is 17.1. The van der Waals surface area contributed by atoms with Gasteiger partial charge >= 0.3 is 0 Å². The van der Waals surface area contributed by atoms with Crippen LogP contribution in [-0.2, 0) is 4.79 Å². The minimum atomic E-state index is -0.527. The second kappa shape index (κ2) is 8.59. The lowest BCUT2D eigenvalue weighted by Crippen LogP contribution is -2.23. The Hall–Kier alpha value is -3.00. The van der Waals surface area contributed by atoms with Gasteiger partial charge in [0.1, 0.15) is 5.69 Å². The highest BCUT2D eigenvalue weighted by atomic mass is 35.5. The van der Waals surface area contributed by atoms with Gasteiger partial charge in [-0.2, -0.15) is 0 Å². The fourth-order valence-corrected chi connectivity index (χ4v) is 2.68. The Morgan fingerprint density at radius 2 is 1.81 bits per heavy atom. The van der Waals surface area contributed by atoms with Crippen LogP contribution in [-0.4, -0.2) is 31.6 Å². The molecule has 0 saturated carbocycles. The summed E-state index contributed by atoms with van der Waals surface area (Å²) in [6.07, 6.45) is 0. The topological polar surface area (TPSA) is 103 Å². The smallest absolute Gasteiger partial charge is 0.293 e. The van der Waals surface area contributed by atoms with Crippen LogP contribution in [0, 0.1) is 24.0 Å². The number of nitro groups is 1. The average molecular weight is 394 g/mol. The van der Waals surface area contributed by atoms with Gasteiger partial charge in [0, 0.05) is 18.2 Å². The summed E-state index contributed by atoms with van der Waals surface area (Å²) in [5.41, 5.74) is 1.98. The molecule has 1 amide bonds. The summed E-state index contributed by atoms with van der Waals surface area (Å²) in [5.74, 6) is 0.469. The summed E-state index contributed by atoms with van der Waals surface area (Å²) in [6.45, 7) is 3.40. The number of carbonyl (C=O) groups is 1. The van der Waals surface area contributed by atoms with Crippen molar-refractivity contribution in [3.8, 4) is 11.5 Å². The Kier molecular flexibility index (Phi) is 6.46. The molecule has 2 N–H and O–H groups in total. The fraction of sp³-hybridized carbons (Fsp3) is 0.278. The SMILES string of the molecule is COc1cc(Cl)c(NCC(=O)Nc2c([N+](=O)[O-])ccc(C)c2C)cc1OC. The maximum atomic E-state index is 12.3. The summed E-state index contributed by atoms with van der Waals surface area (Å²) in [7, 11) is 2.98. The highest BCUT2D eigenvalue weighted by Crippen LogP contribution is 2.36. The number of nitrogens with one attached hydrogen (secondary N) is 2.